The third-order valence-electron chi connectivity index (χ3n) is 3.82. The fourth-order valence-corrected chi connectivity index (χ4v) is 2.54. The van der Waals surface area contributed by atoms with Gasteiger partial charge in [-0.25, -0.2) is 0 Å². The van der Waals surface area contributed by atoms with E-state index >= 15 is 0 Å². The van der Waals surface area contributed by atoms with Gasteiger partial charge >= 0.3 is 6.36 Å². The van der Waals surface area contributed by atoms with Crippen LogP contribution in [0.2, 0.25) is 0 Å². The Morgan fingerprint density at radius 3 is 2.43 bits per heavy atom. The second kappa shape index (κ2) is 7.63. The maximum absolute atomic E-state index is 12.5. The Balaban J connectivity index is 1.75. The first-order chi connectivity index (χ1) is 13.2. The molecule has 0 atom stereocenters. The van der Waals surface area contributed by atoms with Crippen LogP contribution in [0, 0.1) is 0 Å². The number of carbonyl (C=O) groups is 1. The quantitative estimate of drug-likeness (QED) is 0.706. The minimum absolute atomic E-state index is 0.286. The van der Waals surface area contributed by atoms with E-state index in [1.807, 2.05) is 12.1 Å². The Hall–Kier alpha value is -3.49. The van der Waals surface area contributed by atoms with Gasteiger partial charge in [0.25, 0.3) is 5.91 Å². The number of hydrogen-bond donors (Lipinski definition) is 1. The highest BCUT2D eigenvalue weighted by atomic mass is 19.4. The van der Waals surface area contributed by atoms with Crippen molar-refractivity contribution in [2.24, 2.45) is 7.05 Å². The molecule has 0 spiro atoms. The van der Waals surface area contributed by atoms with Crippen LogP contribution in [0.3, 0.4) is 0 Å². The van der Waals surface area contributed by atoms with Crippen LogP contribution in [0.15, 0.2) is 54.6 Å². The maximum atomic E-state index is 12.5. The van der Waals surface area contributed by atoms with Crippen molar-refractivity contribution in [1.29, 1.82) is 0 Å². The van der Waals surface area contributed by atoms with Crippen molar-refractivity contribution < 1.29 is 27.4 Å². The van der Waals surface area contributed by atoms with E-state index in [-0.39, 0.29) is 11.4 Å². The largest absolute Gasteiger partial charge is 0.573 e. The topological polar surface area (TPSA) is 65.4 Å². The highest BCUT2D eigenvalue weighted by molar-refractivity contribution is 6.03. The second-order valence-electron chi connectivity index (χ2n) is 5.80. The fourth-order valence-electron chi connectivity index (χ4n) is 2.54. The predicted molar refractivity (Wildman–Crippen MR) is 96.3 cm³/mol. The van der Waals surface area contributed by atoms with Crippen molar-refractivity contribution in [2.75, 3.05) is 12.4 Å². The summed E-state index contributed by atoms with van der Waals surface area (Å²) in [6.07, 6.45) is -4.77. The Labute approximate surface area is 158 Å². The lowest BCUT2D eigenvalue weighted by molar-refractivity contribution is -0.274. The maximum Gasteiger partial charge on any atom is 0.573 e. The number of anilines is 1. The van der Waals surface area contributed by atoms with Crippen molar-refractivity contribution in [3.63, 3.8) is 0 Å². The van der Waals surface area contributed by atoms with Gasteiger partial charge in [0, 0.05) is 18.3 Å². The number of halogens is 3. The zero-order chi connectivity index (χ0) is 20.3. The molecule has 9 heteroatoms. The van der Waals surface area contributed by atoms with Crippen LogP contribution >= 0.6 is 0 Å². The van der Waals surface area contributed by atoms with Gasteiger partial charge in [0.1, 0.15) is 17.2 Å². The van der Waals surface area contributed by atoms with Crippen LogP contribution < -0.4 is 14.8 Å². The van der Waals surface area contributed by atoms with E-state index in [2.05, 4.69) is 15.2 Å². The van der Waals surface area contributed by atoms with E-state index in [1.165, 1.54) is 16.8 Å². The van der Waals surface area contributed by atoms with Crippen LogP contribution in [0.1, 0.15) is 10.5 Å². The summed E-state index contributed by atoms with van der Waals surface area (Å²) in [7, 11) is 3.18. The molecule has 146 valence electrons. The van der Waals surface area contributed by atoms with Crippen molar-refractivity contribution in [3.8, 4) is 22.8 Å². The number of ether oxygens (including phenoxy) is 2. The van der Waals surface area contributed by atoms with Gasteiger partial charge in [-0.2, -0.15) is 5.10 Å². The smallest absolute Gasteiger partial charge is 0.497 e. The van der Waals surface area contributed by atoms with E-state index in [9.17, 15) is 18.0 Å². The first-order valence-corrected chi connectivity index (χ1v) is 8.11. The van der Waals surface area contributed by atoms with Crippen LogP contribution in [0.4, 0.5) is 18.9 Å². The van der Waals surface area contributed by atoms with E-state index < -0.39 is 12.3 Å². The molecule has 3 rings (SSSR count). The summed E-state index contributed by atoms with van der Waals surface area (Å²) in [6.45, 7) is 0. The third-order valence-corrected chi connectivity index (χ3v) is 3.82. The van der Waals surface area contributed by atoms with Gasteiger partial charge in [0.2, 0.25) is 0 Å². The number of nitrogens with one attached hydrogen (secondary N) is 1. The van der Waals surface area contributed by atoms with Crippen molar-refractivity contribution in [1.82, 2.24) is 9.78 Å². The number of aryl methyl sites for hydroxylation is 1. The molecule has 1 heterocycles. The number of rotatable bonds is 5. The molecule has 0 saturated heterocycles. The fraction of sp³-hybridized carbons (Fsp3) is 0.158. The highest BCUT2D eigenvalue weighted by Gasteiger charge is 2.31. The molecule has 0 bridgehead atoms. The lowest BCUT2D eigenvalue weighted by atomic mass is 10.1. The van der Waals surface area contributed by atoms with Gasteiger partial charge in [0.05, 0.1) is 12.8 Å². The minimum Gasteiger partial charge on any atom is -0.497 e. The molecule has 1 amide bonds. The zero-order valence-corrected chi connectivity index (χ0v) is 14.9. The Bertz CT molecular complexity index is 982. The molecule has 0 saturated carbocycles. The number of methoxy groups -OCH3 is 1. The lowest BCUT2D eigenvalue weighted by Gasteiger charge is -2.10. The molecule has 0 fully saturated rings. The van der Waals surface area contributed by atoms with Crippen LogP contribution in [-0.4, -0.2) is 29.2 Å². The van der Waals surface area contributed by atoms with Gasteiger partial charge in [-0.3, -0.25) is 9.48 Å². The minimum atomic E-state index is -4.77. The molecule has 3 aromatic rings. The summed E-state index contributed by atoms with van der Waals surface area (Å²) in [5, 5.41) is 6.94. The van der Waals surface area contributed by atoms with Gasteiger partial charge in [-0.05, 0) is 42.5 Å². The predicted octanol–water partition coefficient (Wildman–Crippen LogP) is 4.25. The average Bonchev–Trinajstić information content (AvgIpc) is 3.04. The Morgan fingerprint density at radius 1 is 1.07 bits per heavy atom. The number of amides is 1. The summed E-state index contributed by atoms with van der Waals surface area (Å²) in [5.74, 6) is -0.157. The molecule has 6 nitrogen and oxygen atoms in total. The number of benzene rings is 2. The number of aromatic nitrogens is 2. The first kappa shape index (κ1) is 19.3. The second-order valence-corrected chi connectivity index (χ2v) is 5.80. The molecular formula is C19H16F3N3O3. The zero-order valence-electron chi connectivity index (χ0n) is 14.9. The number of carbonyl (C=O) groups excluding carboxylic acids is 1. The van der Waals surface area contributed by atoms with Crippen LogP contribution in [-0.2, 0) is 7.05 Å². The number of nitrogens with zero attached hydrogens (tertiary/aromatic N) is 2. The van der Waals surface area contributed by atoms with E-state index in [0.717, 1.165) is 17.7 Å². The van der Waals surface area contributed by atoms with Gasteiger partial charge in [-0.1, -0.05) is 12.1 Å². The summed E-state index contributed by atoms with van der Waals surface area (Å²) in [4.78, 5) is 12.5. The SMILES string of the molecule is COc1cccc(-c2cc(C(=O)Nc3ccc(OC(F)(F)F)cc3)n(C)n2)c1. The van der Waals surface area contributed by atoms with Crippen molar-refractivity contribution in [3.05, 3.63) is 60.3 Å². The summed E-state index contributed by atoms with van der Waals surface area (Å²) in [5.41, 5.74) is 1.97. The monoisotopic (exact) mass is 391 g/mol. The Kier molecular flexibility index (Phi) is 5.25. The third kappa shape index (κ3) is 4.61. The van der Waals surface area contributed by atoms with Gasteiger partial charge in [0.15, 0.2) is 0 Å². The van der Waals surface area contributed by atoms with E-state index in [4.69, 9.17) is 4.74 Å². The molecular weight excluding hydrogens is 375 g/mol. The molecule has 28 heavy (non-hydrogen) atoms. The lowest BCUT2D eigenvalue weighted by Crippen LogP contribution is -2.17. The summed E-state index contributed by atoms with van der Waals surface area (Å²) < 4.78 is 47.0. The number of alkyl halides is 3. The van der Waals surface area contributed by atoms with Crippen molar-refractivity contribution >= 4 is 11.6 Å². The summed E-state index contributed by atoms with van der Waals surface area (Å²) >= 11 is 0. The normalized spacial score (nSPS) is 11.2. The molecule has 1 aromatic heterocycles. The molecule has 0 radical (unpaired) electrons. The molecule has 1 N–H and O–H groups in total. The van der Waals surface area contributed by atoms with Crippen LogP contribution in [0.25, 0.3) is 11.3 Å². The van der Waals surface area contributed by atoms with Gasteiger partial charge in [-0.15, -0.1) is 13.2 Å². The van der Waals surface area contributed by atoms with Crippen molar-refractivity contribution in [2.45, 2.75) is 6.36 Å². The standard InChI is InChI=1S/C19H16F3N3O3/c1-25-17(11-16(24-25)12-4-3-5-15(10-12)27-2)18(26)23-13-6-8-14(9-7-13)28-19(20,21)22/h3-11H,1-2H3,(H,23,26). The van der Waals surface area contributed by atoms with E-state index in [0.29, 0.717) is 17.1 Å². The Morgan fingerprint density at radius 2 is 1.79 bits per heavy atom. The molecule has 0 aliphatic rings. The number of hydrogen-bond acceptors (Lipinski definition) is 4. The molecule has 0 unspecified atom stereocenters. The van der Waals surface area contributed by atoms with Gasteiger partial charge < -0.3 is 14.8 Å². The highest BCUT2D eigenvalue weighted by Crippen LogP contribution is 2.25. The summed E-state index contributed by atoms with van der Waals surface area (Å²) in [6, 6.07) is 13.7. The van der Waals surface area contributed by atoms with Crippen LogP contribution in [0.5, 0.6) is 11.5 Å². The molecule has 2 aromatic carbocycles. The first-order valence-electron chi connectivity index (χ1n) is 8.11. The molecule has 0 aliphatic carbocycles. The van der Waals surface area contributed by atoms with E-state index in [1.54, 1.807) is 32.4 Å². The average molecular weight is 391 g/mol. The molecule has 0 aliphatic heterocycles.